The molecule has 3 nitrogen and oxygen atoms in total. The van der Waals surface area contributed by atoms with Gasteiger partial charge >= 0.3 is 0 Å². The molecule has 0 unspecified atom stereocenters. The van der Waals surface area contributed by atoms with Crippen molar-refractivity contribution in [3.63, 3.8) is 0 Å². The molecule has 0 aliphatic carbocycles. The summed E-state index contributed by atoms with van der Waals surface area (Å²) >= 11 is 0. The predicted molar refractivity (Wildman–Crippen MR) is 135 cm³/mol. The summed E-state index contributed by atoms with van der Waals surface area (Å²) < 4.78 is 15.5. The molecule has 5 aromatic carbocycles. The van der Waals surface area contributed by atoms with Crippen LogP contribution in [0.15, 0.2) is 112 Å². The fourth-order valence-electron chi connectivity index (χ4n) is 5.46. The van der Waals surface area contributed by atoms with Gasteiger partial charge in [-0.1, -0.05) is 72.8 Å². The van der Waals surface area contributed by atoms with Crippen molar-refractivity contribution in [2.24, 2.45) is 0 Å². The standard InChI is InChI=1S/C30H17NO2/c1-2-10-18(11-3-1)31-22-15-7-4-12-19(22)27-28(31)30-26(21-14-6-9-17-24(21)33-30)25-20-13-5-8-16-23(20)32-29(25)27/h1-17H. The predicted octanol–water partition coefficient (Wildman–Crippen LogP) is 8.58. The quantitative estimate of drug-likeness (QED) is 0.265. The molecule has 0 fully saturated rings. The first kappa shape index (κ1) is 17.1. The zero-order chi connectivity index (χ0) is 21.5. The number of para-hydroxylation sites is 4. The first-order valence-corrected chi connectivity index (χ1v) is 11.1. The van der Waals surface area contributed by atoms with E-state index in [-0.39, 0.29) is 0 Å². The Bertz CT molecular complexity index is 2020. The minimum absolute atomic E-state index is 0.886. The molecule has 154 valence electrons. The molecule has 0 saturated carbocycles. The molecular formula is C30H17NO2. The van der Waals surface area contributed by atoms with Gasteiger partial charge in [0, 0.05) is 32.6 Å². The van der Waals surface area contributed by atoms with Gasteiger partial charge in [-0.25, -0.2) is 0 Å². The number of fused-ring (bicyclic) bond motifs is 12. The van der Waals surface area contributed by atoms with Crippen molar-refractivity contribution in [3.8, 4) is 5.69 Å². The van der Waals surface area contributed by atoms with Gasteiger partial charge in [-0.2, -0.15) is 0 Å². The molecule has 0 radical (unpaired) electrons. The highest BCUT2D eigenvalue weighted by Gasteiger charge is 2.26. The summed E-state index contributed by atoms with van der Waals surface area (Å²) in [5.74, 6) is 0. The first-order chi connectivity index (χ1) is 16.4. The summed E-state index contributed by atoms with van der Waals surface area (Å²) in [6, 6.07) is 35.6. The number of rotatable bonds is 1. The van der Waals surface area contributed by atoms with E-state index in [2.05, 4.69) is 77.4 Å². The van der Waals surface area contributed by atoms with Gasteiger partial charge in [0.05, 0.1) is 10.9 Å². The van der Waals surface area contributed by atoms with Crippen molar-refractivity contribution in [2.75, 3.05) is 0 Å². The van der Waals surface area contributed by atoms with Gasteiger partial charge in [-0.15, -0.1) is 0 Å². The highest BCUT2D eigenvalue weighted by molar-refractivity contribution is 6.38. The molecule has 0 amide bonds. The Morgan fingerprint density at radius 2 is 1.00 bits per heavy atom. The molecule has 0 atom stereocenters. The lowest BCUT2D eigenvalue weighted by Gasteiger charge is -2.08. The van der Waals surface area contributed by atoms with Crippen LogP contribution in [0.1, 0.15) is 0 Å². The van der Waals surface area contributed by atoms with E-state index in [4.69, 9.17) is 8.83 Å². The molecule has 0 aliphatic heterocycles. The third-order valence-corrected chi connectivity index (χ3v) is 6.77. The molecule has 0 N–H and O–H groups in total. The number of hydrogen-bond acceptors (Lipinski definition) is 2. The highest BCUT2D eigenvalue weighted by Crippen LogP contribution is 2.48. The largest absolute Gasteiger partial charge is 0.455 e. The van der Waals surface area contributed by atoms with Crippen molar-refractivity contribution in [1.82, 2.24) is 4.57 Å². The Labute approximate surface area is 188 Å². The Balaban J connectivity index is 1.80. The number of aromatic nitrogens is 1. The summed E-state index contributed by atoms with van der Waals surface area (Å²) in [5, 5.41) is 6.69. The molecule has 33 heavy (non-hydrogen) atoms. The van der Waals surface area contributed by atoms with Crippen LogP contribution < -0.4 is 0 Å². The van der Waals surface area contributed by atoms with E-state index in [1.165, 1.54) is 0 Å². The van der Waals surface area contributed by atoms with E-state index in [0.717, 1.165) is 71.4 Å². The molecule has 0 aliphatic rings. The summed E-state index contributed by atoms with van der Waals surface area (Å²) in [4.78, 5) is 0. The summed E-state index contributed by atoms with van der Waals surface area (Å²) in [6.07, 6.45) is 0. The number of nitrogens with zero attached hydrogens (tertiary/aromatic N) is 1. The fraction of sp³-hybridized carbons (Fsp3) is 0. The van der Waals surface area contributed by atoms with Crippen molar-refractivity contribution in [2.45, 2.75) is 0 Å². The molecule has 0 spiro atoms. The van der Waals surface area contributed by atoms with Crippen LogP contribution in [0.25, 0.3) is 71.4 Å². The zero-order valence-electron chi connectivity index (χ0n) is 17.6. The second-order valence-electron chi connectivity index (χ2n) is 8.52. The van der Waals surface area contributed by atoms with E-state index < -0.39 is 0 Å². The zero-order valence-corrected chi connectivity index (χ0v) is 17.6. The van der Waals surface area contributed by atoms with Crippen LogP contribution in [0.5, 0.6) is 0 Å². The molecule has 3 aromatic heterocycles. The van der Waals surface area contributed by atoms with Crippen molar-refractivity contribution in [3.05, 3.63) is 103 Å². The van der Waals surface area contributed by atoms with Crippen LogP contribution in [-0.2, 0) is 0 Å². The third-order valence-electron chi connectivity index (χ3n) is 6.77. The topological polar surface area (TPSA) is 31.2 Å². The lowest BCUT2D eigenvalue weighted by Crippen LogP contribution is -1.93. The average molecular weight is 423 g/mol. The maximum absolute atomic E-state index is 6.62. The number of furan rings is 2. The molecule has 0 bridgehead atoms. The van der Waals surface area contributed by atoms with Gasteiger partial charge in [0.25, 0.3) is 0 Å². The number of benzene rings is 5. The Hall–Kier alpha value is -4.50. The van der Waals surface area contributed by atoms with E-state index in [1.54, 1.807) is 0 Å². The average Bonchev–Trinajstić information content (AvgIpc) is 3.53. The Morgan fingerprint density at radius 3 is 1.73 bits per heavy atom. The molecule has 3 heterocycles. The SMILES string of the molecule is c1ccc(-n2c3ccccc3c3c4oc5ccccc5c4c4c5ccccc5oc4c32)cc1. The second kappa shape index (κ2) is 6.05. The summed E-state index contributed by atoms with van der Waals surface area (Å²) in [5.41, 5.74) is 6.86. The lowest BCUT2D eigenvalue weighted by molar-refractivity contribution is 0.667. The van der Waals surface area contributed by atoms with E-state index in [0.29, 0.717) is 0 Å². The van der Waals surface area contributed by atoms with Crippen LogP contribution in [-0.4, -0.2) is 4.57 Å². The molecule has 0 saturated heterocycles. The summed E-state index contributed by atoms with van der Waals surface area (Å²) in [6.45, 7) is 0. The van der Waals surface area contributed by atoms with Crippen molar-refractivity contribution >= 4 is 65.7 Å². The molecule has 3 heteroatoms. The van der Waals surface area contributed by atoms with Gasteiger partial charge < -0.3 is 13.4 Å². The first-order valence-electron chi connectivity index (χ1n) is 11.1. The molecular weight excluding hydrogens is 406 g/mol. The van der Waals surface area contributed by atoms with Crippen molar-refractivity contribution in [1.29, 1.82) is 0 Å². The maximum Gasteiger partial charge on any atom is 0.160 e. The monoisotopic (exact) mass is 423 g/mol. The maximum atomic E-state index is 6.62. The number of hydrogen-bond donors (Lipinski definition) is 0. The molecule has 8 aromatic rings. The van der Waals surface area contributed by atoms with Gasteiger partial charge in [0.2, 0.25) is 0 Å². The lowest BCUT2D eigenvalue weighted by atomic mass is 10.0. The normalized spacial score (nSPS) is 12.2. The van der Waals surface area contributed by atoms with Crippen LogP contribution in [0, 0.1) is 0 Å². The van der Waals surface area contributed by atoms with E-state index >= 15 is 0 Å². The van der Waals surface area contributed by atoms with Gasteiger partial charge in [0.15, 0.2) is 5.58 Å². The smallest absolute Gasteiger partial charge is 0.160 e. The van der Waals surface area contributed by atoms with Crippen LogP contribution in [0.2, 0.25) is 0 Å². The summed E-state index contributed by atoms with van der Waals surface area (Å²) in [7, 11) is 0. The van der Waals surface area contributed by atoms with Crippen LogP contribution in [0.3, 0.4) is 0 Å². The minimum atomic E-state index is 0.886. The van der Waals surface area contributed by atoms with Gasteiger partial charge in [-0.3, -0.25) is 0 Å². The highest BCUT2D eigenvalue weighted by atomic mass is 16.3. The second-order valence-corrected chi connectivity index (χ2v) is 8.52. The van der Waals surface area contributed by atoms with Gasteiger partial charge in [-0.05, 0) is 30.3 Å². The van der Waals surface area contributed by atoms with E-state index in [1.807, 2.05) is 30.3 Å². The van der Waals surface area contributed by atoms with E-state index in [9.17, 15) is 0 Å². The molecule has 8 rings (SSSR count). The van der Waals surface area contributed by atoms with Crippen LogP contribution in [0.4, 0.5) is 0 Å². The Morgan fingerprint density at radius 1 is 0.455 bits per heavy atom. The van der Waals surface area contributed by atoms with Gasteiger partial charge in [0.1, 0.15) is 22.3 Å². The van der Waals surface area contributed by atoms with Crippen molar-refractivity contribution < 1.29 is 8.83 Å². The fourth-order valence-corrected chi connectivity index (χ4v) is 5.46. The minimum Gasteiger partial charge on any atom is -0.455 e. The van der Waals surface area contributed by atoms with Crippen LogP contribution >= 0.6 is 0 Å². The third kappa shape index (κ3) is 2.09. The Kier molecular flexibility index (Phi) is 3.14.